The molecule has 0 heterocycles. The van der Waals surface area contributed by atoms with Crippen LogP contribution >= 0.6 is 34.8 Å². The monoisotopic (exact) mass is 1310 g/mol. The van der Waals surface area contributed by atoms with Crippen LogP contribution in [0.2, 0.25) is 106 Å². The van der Waals surface area contributed by atoms with E-state index in [1.165, 1.54) is 16.6 Å². The Bertz CT molecular complexity index is 2010. The van der Waals surface area contributed by atoms with Crippen molar-refractivity contribution in [3.63, 3.8) is 0 Å². The first kappa shape index (κ1) is 103. The Morgan fingerprint density at radius 2 is 0.575 bits per heavy atom. The van der Waals surface area contributed by atoms with E-state index in [-0.39, 0.29) is 118 Å². The van der Waals surface area contributed by atoms with Gasteiger partial charge in [0.2, 0.25) is 0 Å². The summed E-state index contributed by atoms with van der Waals surface area (Å²) in [5, 5.41) is 8.43. The smallest absolute Gasteiger partial charge is 1.00 e. The number of carbonyl (C=O) groups is 1. The molecule has 0 aliphatic rings. The van der Waals surface area contributed by atoms with Gasteiger partial charge in [-0.05, 0) is 96.9 Å². The molecule has 0 rings (SSSR count). The number of hydrogen-bond donors (Lipinski definition) is 0. The molecule has 0 saturated heterocycles. The van der Waals surface area contributed by atoms with E-state index in [1.807, 2.05) is 12.2 Å². The minimum Gasteiger partial charge on any atom is -1.00 e. The molecule has 0 bridgehead atoms. The number of terminal acetylenes is 3. The quantitative estimate of drug-likeness (QED) is 0.0607. The predicted molar refractivity (Wildman–Crippen MR) is 378 cm³/mol. The summed E-state index contributed by atoms with van der Waals surface area (Å²) in [6.07, 6.45) is 25.1. The molecule has 0 aromatic heterocycles. The van der Waals surface area contributed by atoms with E-state index in [0.29, 0.717) is 66.5 Å². The van der Waals surface area contributed by atoms with Gasteiger partial charge < -0.3 is 11.6 Å². The summed E-state index contributed by atoms with van der Waals surface area (Å²) in [6.45, 7) is 68.5. The van der Waals surface area contributed by atoms with Crippen molar-refractivity contribution in [2.75, 3.05) is 0 Å². The number of rotatable bonds is 13. The number of hydrogen-bond acceptors (Lipinski definition) is 3. The minimum atomic E-state index is -1.58. The number of allylic oxidation sites excluding steroid dienone is 5. The molecule has 0 saturated carbocycles. The van der Waals surface area contributed by atoms with Gasteiger partial charge in [-0.2, -0.15) is 0 Å². The first-order valence-electron chi connectivity index (χ1n) is 27.8. The van der Waals surface area contributed by atoms with Gasteiger partial charge in [-0.15, -0.1) is 52.5 Å². The van der Waals surface area contributed by atoms with Gasteiger partial charge in [-0.3, -0.25) is 4.79 Å². The Morgan fingerprint density at radius 3 is 0.700 bits per heavy atom. The summed E-state index contributed by atoms with van der Waals surface area (Å²) in [4.78, 5) is 11.2. The maximum absolute atomic E-state index is 8.64. The molecule has 0 spiro atoms. The Balaban J connectivity index is -0.0000000823. The Kier molecular flexibility index (Phi) is 72.2. The summed E-state index contributed by atoms with van der Waals surface area (Å²) >= 11 is 15.2. The van der Waals surface area contributed by atoms with Gasteiger partial charge in [-0.1, -0.05) is 277 Å². The zero-order valence-electron chi connectivity index (χ0n) is 57.7. The third kappa shape index (κ3) is 43.4. The molecule has 14 heteroatoms. The molecule has 0 unspecified atom stereocenters. The van der Waals surface area contributed by atoms with Crippen molar-refractivity contribution in [1.29, 1.82) is 0 Å². The van der Waals surface area contributed by atoms with Crippen molar-refractivity contribution in [3.8, 4) is 82.1 Å². The number of halogens is 3. The van der Waals surface area contributed by atoms with Gasteiger partial charge in [-0.25, -0.2) is 0 Å². The number of carbonyl (C=O) groups excluding carboxylic acids is 1. The van der Waals surface area contributed by atoms with E-state index in [2.05, 4.69) is 273 Å². The summed E-state index contributed by atoms with van der Waals surface area (Å²) in [5.41, 5.74) is 32.3. The maximum Gasteiger partial charge on any atom is 1.00 e. The molecule has 0 fully saturated rings. The molecule has 0 N–H and O–H groups in total. The fourth-order valence-corrected chi connectivity index (χ4v) is 31.9. The molecule has 0 aliphatic carbocycles. The third-order valence-corrected chi connectivity index (χ3v) is 41.6. The molecular formula is C66H119Cl3K2O3Si6. The molecular weight excluding hydrogens is 1190 g/mol. The summed E-state index contributed by atoms with van der Waals surface area (Å²) in [7, 11) is -8.51. The van der Waals surface area contributed by atoms with Crippen molar-refractivity contribution in [3.05, 3.63) is 47.0 Å². The minimum absolute atomic E-state index is 0. The molecule has 0 amide bonds. The molecule has 0 aromatic carbocycles. The van der Waals surface area contributed by atoms with E-state index < -0.39 is 48.4 Å². The second kappa shape index (κ2) is 56.3. The fraction of sp³-hybridized carbons (Fsp3) is 0.652. The van der Waals surface area contributed by atoms with Gasteiger partial charge in [0, 0.05) is 16.6 Å². The van der Waals surface area contributed by atoms with Crippen LogP contribution in [-0.4, -0.2) is 54.9 Å². The van der Waals surface area contributed by atoms with Gasteiger partial charge in [0.1, 0.15) is 48.4 Å². The van der Waals surface area contributed by atoms with Crippen molar-refractivity contribution >= 4 is 89.7 Å². The van der Waals surface area contributed by atoms with Gasteiger partial charge >= 0.3 is 103 Å². The van der Waals surface area contributed by atoms with E-state index in [0.717, 1.165) is 0 Å². The second-order valence-corrected chi connectivity index (χ2v) is 57.7. The Hall–Kier alpha value is 0.754. The zero-order valence-corrected chi connectivity index (χ0v) is 71.2. The molecule has 0 aromatic rings. The average Bonchev–Trinajstić information content (AvgIpc) is 3.29. The first-order chi connectivity index (χ1) is 35.1. The van der Waals surface area contributed by atoms with Crippen LogP contribution in [0.4, 0.5) is 0 Å². The van der Waals surface area contributed by atoms with Gasteiger partial charge in [0.15, 0.2) is 0 Å². The summed E-state index contributed by atoms with van der Waals surface area (Å²) in [6, 6.07) is 0. The van der Waals surface area contributed by atoms with Gasteiger partial charge in [0.05, 0.1) is 0 Å². The van der Waals surface area contributed by atoms with Crippen molar-refractivity contribution in [2.24, 2.45) is 0 Å². The average molecular weight is 1310 g/mol. The first-order valence-corrected chi connectivity index (χ1v) is 45.0. The fourth-order valence-electron chi connectivity index (χ4n) is 10.8. The molecule has 0 atom stereocenters. The standard InChI is InChI=1S/C18H32Si2.C15H24Si.C13H23ClSi.C11H22Si.C5H10Si.C2H2Cl2.CH2O3.CH4.2K.H/c1-16(2)20(17(3)4,18(5)6)15-13-11-10-12-14-19(7,8)9;1-8-9-10-11-12-16(13(2)3,14(4)5)15(6)7;1-11(2)15(12(3)4,13(5)6)10-8-7-9-14;1-8-12(9(2)3,10(4)5)11(6)7;1-5-6(2,3)4;3-1-2-4;2-1-4-3;;;;/h10-11,16-18H,1-9H3;1,9-10,13-15H,2-7H3;7,9,11-13H,1-6H3;1,9-11H,2-7H3;1H,2-4H3;1-2H;1,3H;1H4;;;/q;;;;;;;;2*+1;-1/p-1/b11-10-;10-9-;9-7-;;;2-1-;;;;;. The van der Waals surface area contributed by atoms with Crippen molar-refractivity contribution in [2.45, 2.75) is 279 Å². The molecule has 3 nitrogen and oxygen atoms in total. The van der Waals surface area contributed by atoms with Crippen LogP contribution in [0.1, 0.15) is 175 Å². The van der Waals surface area contributed by atoms with E-state index in [9.17, 15) is 0 Å². The van der Waals surface area contributed by atoms with E-state index in [1.54, 1.807) is 18.2 Å². The maximum atomic E-state index is 8.64. The molecule has 0 aliphatic heterocycles. The normalized spacial score (nSPS) is 11.3. The van der Waals surface area contributed by atoms with Crippen LogP contribution in [-0.2, 0) is 9.68 Å². The van der Waals surface area contributed by atoms with Crippen molar-refractivity contribution in [1.82, 2.24) is 0 Å². The van der Waals surface area contributed by atoms with Crippen LogP contribution in [0.3, 0.4) is 0 Å². The molecule has 448 valence electrons. The Morgan fingerprint density at radius 1 is 0.375 bits per heavy atom. The summed E-state index contributed by atoms with van der Waals surface area (Å²) < 4.78 is 0. The largest absolute Gasteiger partial charge is 1.00 e. The second-order valence-electron chi connectivity index (χ2n) is 25.0. The van der Waals surface area contributed by atoms with Crippen LogP contribution in [0.25, 0.3) is 0 Å². The summed E-state index contributed by atoms with van der Waals surface area (Å²) in [5.74, 6) is 15.2. The zero-order chi connectivity index (χ0) is 62.8. The van der Waals surface area contributed by atoms with Crippen molar-refractivity contribution < 1.29 is 119 Å². The third-order valence-electron chi connectivity index (χ3n) is 14.2. The predicted octanol–water partition coefficient (Wildman–Crippen LogP) is 15.5. The topological polar surface area (TPSA) is 49.4 Å². The van der Waals surface area contributed by atoms with Crippen LogP contribution in [0.15, 0.2) is 47.0 Å². The molecule has 0 radical (unpaired) electrons. The van der Waals surface area contributed by atoms with Crippen LogP contribution in [0, 0.1) is 82.1 Å². The molecule has 80 heavy (non-hydrogen) atoms. The van der Waals surface area contributed by atoms with E-state index in [4.69, 9.17) is 64.1 Å². The Labute approximate surface area is 608 Å². The van der Waals surface area contributed by atoms with Crippen LogP contribution in [0.5, 0.6) is 0 Å². The van der Waals surface area contributed by atoms with E-state index >= 15 is 0 Å². The SMILES string of the molecule is C.C#C/C=C\C#C[Si](C(C)C)(C(C)C)C(C)C.C#C[Si](C(C)C)(C(C)C)C(C)C.C#C[Si](C)(C)C.CC(C)[Si](C#C/C=C\C#C[Si](C)(C)C)(C(C)C)C(C)C.CC(C)[Si](C#C/C=C\Cl)(C(C)C)C(C)C.Cl/C=C\Cl.O=CO[O-].[H-].[K+].[K+]. The van der Waals surface area contributed by atoms with Crippen LogP contribution < -0.4 is 108 Å². The van der Waals surface area contributed by atoms with Gasteiger partial charge in [0.25, 0.3) is 6.47 Å².